The highest BCUT2D eigenvalue weighted by atomic mass is 19.4. The zero-order valence-corrected chi connectivity index (χ0v) is 8.81. The minimum atomic E-state index is -4.17. The number of benzene rings is 1. The van der Waals surface area contributed by atoms with Gasteiger partial charge in [0, 0.05) is 12.6 Å². The lowest BCUT2D eigenvalue weighted by Gasteiger charge is -2.15. The van der Waals surface area contributed by atoms with Gasteiger partial charge in [0.15, 0.2) is 0 Å². The fraction of sp³-hybridized carbons (Fsp3) is 0.455. The second-order valence-corrected chi connectivity index (χ2v) is 3.73. The van der Waals surface area contributed by atoms with Crippen LogP contribution in [0.4, 0.5) is 17.6 Å². The summed E-state index contributed by atoms with van der Waals surface area (Å²) in [7, 11) is 0. The van der Waals surface area contributed by atoms with E-state index in [2.05, 4.69) is 5.32 Å². The lowest BCUT2D eigenvalue weighted by atomic mass is 10.2. The smallest absolute Gasteiger partial charge is 0.310 e. The van der Waals surface area contributed by atoms with Crippen LogP contribution in [0.3, 0.4) is 0 Å². The predicted molar refractivity (Wildman–Crippen MR) is 53.4 cm³/mol. The lowest BCUT2D eigenvalue weighted by Crippen LogP contribution is -2.30. The largest absolute Gasteiger partial charge is 0.390 e. The molecule has 0 amide bonds. The van der Waals surface area contributed by atoms with Crippen LogP contribution in [0.15, 0.2) is 24.3 Å². The summed E-state index contributed by atoms with van der Waals surface area (Å²) in [5.41, 5.74) is 0.633. The van der Waals surface area contributed by atoms with Crippen molar-refractivity contribution in [2.75, 3.05) is 0 Å². The summed E-state index contributed by atoms with van der Waals surface area (Å²) in [4.78, 5) is 0. The highest BCUT2D eigenvalue weighted by molar-refractivity contribution is 5.16. The summed E-state index contributed by atoms with van der Waals surface area (Å²) >= 11 is 0. The molecule has 1 aromatic rings. The van der Waals surface area contributed by atoms with E-state index in [9.17, 15) is 17.6 Å². The lowest BCUT2D eigenvalue weighted by molar-refractivity contribution is -0.139. The van der Waals surface area contributed by atoms with E-state index >= 15 is 0 Å². The maximum Gasteiger partial charge on any atom is 0.390 e. The maximum absolute atomic E-state index is 12.8. The Morgan fingerprint density at radius 2 is 2.00 bits per heavy atom. The van der Waals surface area contributed by atoms with Gasteiger partial charge in [0.05, 0.1) is 6.42 Å². The molecule has 0 aliphatic carbocycles. The molecule has 0 heterocycles. The minimum Gasteiger partial charge on any atom is -0.310 e. The summed E-state index contributed by atoms with van der Waals surface area (Å²) < 4.78 is 48.7. The number of nitrogens with one attached hydrogen (secondary N) is 1. The average Bonchev–Trinajstić information content (AvgIpc) is 2.12. The molecule has 0 aliphatic heterocycles. The zero-order valence-electron chi connectivity index (χ0n) is 8.81. The van der Waals surface area contributed by atoms with Crippen molar-refractivity contribution in [1.29, 1.82) is 0 Å². The van der Waals surface area contributed by atoms with E-state index in [0.717, 1.165) is 0 Å². The molecule has 0 fully saturated rings. The van der Waals surface area contributed by atoms with E-state index < -0.39 is 18.6 Å². The number of hydrogen-bond acceptors (Lipinski definition) is 1. The van der Waals surface area contributed by atoms with Gasteiger partial charge in [-0.15, -0.1) is 0 Å². The Morgan fingerprint density at radius 3 is 2.56 bits per heavy atom. The molecule has 1 aromatic carbocycles. The molecular weight excluding hydrogens is 222 g/mol. The maximum atomic E-state index is 12.8. The van der Waals surface area contributed by atoms with Gasteiger partial charge in [-0.3, -0.25) is 0 Å². The minimum absolute atomic E-state index is 0.231. The first kappa shape index (κ1) is 13.0. The zero-order chi connectivity index (χ0) is 12.2. The molecule has 0 radical (unpaired) electrons. The van der Waals surface area contributed by atoms with E-state index in [1.165, 1.54) is 25.1 Å². The number of hydrogen-bond donors (Lipinski definition) is 1. The second-order valence-electron chi connectivity index (χ2n) is 3.73. The molecule has 0 saturated carbocycles. The number of alkyl halides is 3. The summed E-state index contributed by atoms with van der Waals surface area (Å²) in [5.74, 6) is -0.386. The number of rotatable bonds is 4. The SMILES string of the molecule is CC(CC(F)(F)F)NCc1cccc(F)c1. The normalized spacial score (nSPS) is 13.8. The summed E-state index contributed by atoms with van der Waals surface area (Å²) in [6.45, 7) is 1.68. The molecular formula is C11H13F4N. The van der Waals surface area contributed by atoms with E-state index in [1.54, 1.807) is 6.07 Å². The summed E-state index contributed by atoms with van der Waals surface area (Å²) in [5, 5.41) is 2.70. The first-order valence-electron chi connectivity index (χ1n) is 4.91. The van der Waals surface area contributed by atoms with Crippen molar-refractivity contribution in [1.82, 2.24) is 5.32 Å². The third-order valence-corrected chi connectivity index (χ3v) is 2.08. The molecule has 0 saturated heterocycles. The van der Waals surface area contributed by atoms with Crippen LogP contribution in [0, 0.1) is 5.82 Å². The molecule has 1 rings (SSSR count). The second kappa shape index (κ2) is 5.30. The first-order chi connectivity index (χ1) is 7.37. The van der Waals surface area contributed by atoms with Crippen LogP contribution in [0.5, 0.6) is 0 Å². The van der Waals surface area contributed by atoms with E-state index in [-0.39, 0.29) is 12.4 Å². The molecule has 16 heavy (non-hydrogen) atoms. The van der Waals surface area contributed by atoms with E-state index in [0.29, 0.717) is 5.56 Å². The van der Waals surface area contributed by atoms with Crippen LogP contribution in [-0.4, -0.2) is 12.2 Å². The van der Waals surface area contributed by atoms with Crippen molar-refractivity contribution < 1.29 is 17.6 Å². The van der Waals surface area contributed by atoms with Crippen LogP contribution in [0.1, 0.15) is 18.9 Å². The van der Waals surface area contributed by atoms with Gasteiger partial charge in [-0.25, -0.2) is 4.39 Å². The summed E-state index contributed by atoms with van der Waals surface area (Å²) in [6.07, 6.45) is -5.06. The number of halogens is 4. The van der Waals surface area contributed by atoms with Crippen LogP contribution in [0.25, 0.3) is 0 Å². The van der Waals surface area contributed by atoms with Gasteiger partial charge in [-0.2, -0.15) is 13.2 Å². The Hall–Kier alpha value is -1.10. The van der Waals surface area contributed by atoms with Crippen molar-refractivity contribution >= 4 is 0 Å². The molecule has 1 nitrogen and oxygen atoms in total. The average molecular weight is 235 g/mol. The highest BCUT2D eigenvalue weighted by Gasteiger charge is 2.29. The molecule has 0 aromatic heterocycles. The van der Waals surface area contributed by atoms with Crippen molar-refractivity contribution in [3.05, 3.63) is 35.6 Å². The molecule has 0 aliphatic rings. The van der Waals surface area contributed by atoms with Gasteiger partial charge in [0.2, 0.25) is 0 Å². The molecule has 0 bridgehead atoms. The van der Waals surface area contributed by atoms with Crippen molar-refractivity contribution in [3.63, 3.8) is 0 Å². The van der Waals surface area contributed by atoms with Crippen LogP contribution < -0.4 is 5.32 Å². The Balaban J connectivity index is 2.40. The fourth-order valence-electron chi connectivity index (χ4n) is 1.36. The Bertz CT molecular complexity index is 335. The van der Waals surface area contributed by atoms with Gasteiger partial charge in [0.1, 0.15) is 5.82 Å². The highest BCUT2D eigenvalue weighted by Crippen LogP contribution is 2.21. The van der Waals surface area contributed by atoms with Gasteiger partial charge >= 0.3 is 6.18 Å². The third-order valence-electron chi connectivity index (χ3n) is 2.08. The monoisotopic (exact) mass is 235 g/mol. The topological polar surface area (TPSA) is 12.0 Å². The Labute approximate surface area is 91.5 Å². The Kier molecular flexibility index (Phi) is 4.29. The van der Waals surface area contributed by atoms with Crippen molar-refractivity contribution in [3.8, 4) is 0 Å². The Morgan fingerprint density at radius 1 is 1.31 bits per heavy atom. The van der Waals surface area contributed by atoms with Crippen LogP contribution in [0.2, 0.25) is 0 Å². The molecule has 1 atom stereocenters. The van der Waals surface area contributed by atoms with Gasteiger partial charge < -0.3 is 5.32 Å². The van der Waals surface area contributed by atoms with Gasteiger partial charge in [-0.05, 0) is 24.6 Å². The summed E-state index contributed by atoms with van der Waals surface area (Å²) in [6, 6.07) is 5.11. The third kappa shape index (κ3) is 5.11. The van der Waals surface area contributed by atoms with Crippen molar-refractivity contribution in [2.45, 2.75) is 32.1 Å². The predicted octanol–water partition coefficient (Wildman–Crippen LogP) is 3.26. The molecule has 5 heteroatoms. The standard InChI is InChI=1S/C11H13F4N/c1-8(6-11(13,14)15)16-7-9-3-2-4-10(12)5-9/h2-5,8,16H,6-7H2,1H3. The van der Waals surface area contributed by atoms with Crippen LogP contribution in [-0.2, 0) is 6.54 Å². The van der Waals surface area contributed by atoms with Gasteiger partial charge in [0.25, 0.3) is 0 Å². The quantitative estimate of drug-likeness (QED) is 0.790. The van der Waals surface area contributed by atoms with Crippen molar-refractivity contribution in [2.24, 2.45) is 0 Å². The molecule has 1 N–H and O–H groups in total. The molecule has 0 spiro atoms. The fourth-order valence-corrected chi connectivity index (χ4v) is 1.36. The van der Waals surface area contributed by atoms with Crippen LogP contribution >= 0.6 is 0 Å². The van der Waals surface area contributed by atoms with Gasteiger partial charge in [-0.1, -0.05) is 12.1 Å². The molecule has 1 unspecified atom stereocenters. The van der Waals surface area contributed by atoms with E-state index in [4.69, 9.17) is 0 Å². The molecule has 90 valence electrons. The van der Waals surface area contributed by atoms with E-state index in [1.807, 2.05) is 0 Å². The first-order valence-corrected chi connectivity index (χ1v) is 4.91.